The fourth-order valence-corrected chi connectivity index (χ4v) is 2.35. The first kappa shape index (κ1) is 13.6. The van der Waals surface area contributed by atoms with Gasteiger partial charge in [-0.2, -0.15) is 5.26 Å². The Morgan fingerprint density at radius 2 is 1.89 bits per heavy atom. The van der Waals surface area contributed by atoms with Gasteiger partial charge in [-0.1, -0.05) is 46.3 Å². The Labute approximate surface area is 122 Å². The molecular weight excluding hydrogens is 300 g/mol. The zero-order chi connectivity index (χ0) is 13.7. The zero-order valence-corrected chi connectivity index (χ0v) is 12.4. The Morgan fingerprint density at radius 3 is 2.58 bits per heavy atom. The molecule has 0 aliphatic carbocycles. The molecule has 2 aromatic rings. The summed E-state index contributed by atoms with van der Waals surface area (Å²) < 4.78 is 0.934. The predicted octanol–water partition coefficient (Wildman–Crippen LogP) is 4.00. The highest BCUT2D eigenvalue weighted by Gasteiger charge is 2.07. The van der Waals surface area contributed by atoms with E-state index >= 15 is 0 Å². The molecule has 0 N–H and O–H groups in total. The van der Waals surface area contributed by atoms with Crippen LogP contribution in [0.2, 0.25) is 0 Å². The van der Waals surface area contributed by atoms with Gasteiger partial charge >= 0.3 is 0 Å². The number of benzene rings is 2. The fraction of sp³-hybridized carbons (Fsp3) is 0.188. The van der Waals surface area contributed by atoms with Crippen molar-refractivity contribution in [2.24, 2.45) is 0 Å². The standard InChI is InChI=1S/C16H15BrN2/c1-19(10-9-13-5-3-2-4-6-13)16-8-7-15(17)11-14(16)12-18/h2-8,11H,9-10H2,1H3. The quantitative estimate of drug-likeness (QED) is 0.853. The molecule has 0 radical (unpaired) electrons. The molecule has 0 saturated heterocycles. The van der Waals surface area contributed by atoms with Crippen molar-refractivity contribution in [3.05, 3.63) is 64.1 Å². The number of likely N-dealkylation sites (N-methyl/N-ethyl adjacent to an activating group) is 1. The number of hydrogen-bond acceptors (Lipinski definition) is 2. The summed E-state index contributed by atoms with van der Waals surface area (Å²) in [6, 6.07) is 18.4. The van der Waals surface area contributed by atoms with Gasteiger partial charge in [0.2, 0.25) is 0 Å². The Bertz CT molecular complexity index is 587. The SMILES string of the molecule is CN(CCc1ccccc1)c1ccc(Br)cc1C#N. The highest BCUT2D eigenvalue weighted by molar-refractivity contribution is 9.10. The minimum Gasteiger partial charge on any atom is -0.373 e. The molecule has 0 aliphatic rings. The molecule has 0 fully saturated rings. The topological polar surface area (TPSA) is 27.0 Å². The Morgan fingerprint density at radius 1 is 1.16 bits per heavy atom. The van der Waals surface area contributed by atoms with Gasteiger partial charge in [-0.15, -0.1) is 0 Å². The average molecular weight is 315 g/mol. The first-order valence-corrected chi connectivity index (χ1v) is 6.94. The van der Waals surface area contributed by atoms with Crippen LogP contribution in [0, 0.1) is 11.3 Å². The molecule has 0 bridgehead atoms. The summed E-state index contributed by atoms with van der Waals surface area (Å²) in [6.07, 6.45) is 0.971. The lowest BCUT2D eigenvalue weighted by atomic mass is 10.1. The molecule has 19 heavy (non-hydrogen) atoms. The summed E-state index contributed by atoms with van der Waals surface area (Å²) in [5.41, 5.74) is 2.98. The van der Waals surface area contributed by atoms with Crippen LogP contribution in [0.5, 0.6) is 0 Å². The molecule has 0 heterocycles. The van der Waals surface area contributed by atoms with Gasteiger partial charge in [0, 0.05) is 18.1 Å². The van der Waals surface area contributed by atoms with Gasteiger partial charge in [0.1, 0.15) is 6.07 Å². The van der Waals surface area contributed by atoms with Gasteiger partial charge in [-0.3, -0.25) is 0 Å². The van der Waals surface area contributed by atoms with Gasteiger partial charge in [0.15, 0.2) is 0 Å². The third kappa shape index (κ3) is 3.59. The van der Waals surface area contributed by atoms with Crippen LogP contribution in [-0.4, -0.2) is 13.6 Å². The van der Waals surface area contributed by atoms with Crippen molar-refractivity contribution in [1.82, 2.24) is 0 Å². The molecule has 0 unspecified atom stereocenters. The highest BCUT2D eigenvalue weighted by atomic mass is 79.9. The molecule has 2 nitrogen and oxygen atoms in total. The summed E-state index contributed by atoms with van der Waals surface area (Å²) in [6.45, 7) is 0.889. The Balaban J connectivity index is 2.08. The number of rotatable bonds is 4. The number of nitriles is 1. The van der Waals surface area contributed by atoms with Gasteiger partial charge in [0.05, 0.1) is 11.3 Å². The highest BCUT2D eigenvalue weighted by Crippen LogP contribution is 2.23. The van der Waals surface area contributed by atoms with E-state index in [-0.39, 0.29) is 0 Å². The van der Waals surface area contributed by atoms with Crippen molar-refractivity contribution in [3.8, 4) is 6.07 Å². The first-order valence-electron chi connectivity index (χ1n) is 6.15. The van der Waals surface area contributed by atoms with Gasteiger partial charge in [-0.05, 0) is 30.2 Å². The van der Waals surface area contributed by atoms with Crippen molar-refractivity contribution in [1.29, 1.82) is 5.26 Å². The molecular formula is C16H15BrN2. The molecule has 0 spiro atoms. The number of anilines is 1. The van der Waals surface area contributed by atoms with Crippen molar-refractivity contribution < 1.29 is 0 Å². The third-order valence-corrected chi connectivity index (χ3v) is 3.56. The molecule has 2 rings (SSSR count). The molecule has 0 amide bonds. The lowest BCUT2D eigenvalue weighted by Crippen LogP contribution is -2.21. The van der Waals surface area contributed by atoms with Gasteiger partial charge in [-0.25, -0.2) is 0 Å². The number of nitrogens with zero attached hydrogens (tertiary/aromatic N) is 2. The van der Waals surface area contributed by atoms with Crippen LogP contribution in [0.15, 0.2) is 53.0 Å². The second-order valence-corrected chi connectivity index (χ2v) is 5.35. The van der Waals surface area contributed by atoms with E-state index in [9.17, 15) is 5.26 Å². The minimum atomic E-state index is 0.699. The fourth-order valence-electron chi connectivity index (χ4n) is 1.99. The monoisotopic (exact) mass is 314 g/mol. The van der Waals surface area contributed by atoms with Crippen molar-refractivity contribution in [2.45, 2.75) is 6.42 Å². The molecule has 2 aromatic carbocycles. The smallest absolute Gasteiger partial charge is 0.101 e. The van der Waals surface area contributed by atoms with E-state index in [2.05, 4.69) is 51.2 Å². The second-order valence-electron chi connectivity index (χ2n) is 4.43. The van der Waals surface area contributed by atoms with Crippen LogP contribution in [0.1, 0.15) is 11.1 Å². The maximum Gasteiger partial charge on any atom is 0.101 e. The Hall–Kier alpha value is -1.79. The summed E-state index contributed by atoms with van der Waals surface area (Å²) in [4.78, 5) is 2.12. The van der Waals surface area contributed by atoms with Gasteiger partial charge in [0.25, 0.3) is 0 Å². The lowest BCUT2D eigenvalue weighted by molar-refractivity contribution is 0.875. The third-order valence-electron chi connectivity index (χ3n) is 3.07. The lowest BCUT2D eigenvalue weighted by Gasteiger charge is -2.20. The number of halogens is 1. The maximum absolute atomic E-state index is 9.18. The Kier molecular flexibility index (Phi) is 4.59. The van der Waals surface area contributed by atoms with Crippen molar-refractivity contribution in [2.75, 3.05) is 18.5 Å². The van der Waals surface area contributed by atoms with Crippen molar-refractivity contribution in [3.63, 3.8) is 0 Å². The predicted molar refractivity (Wildman–Crippen MR) is 82.3 cm³/mol. The molecule has 0 saturated carbocycles. The van der Waals surface area contributed by atoms with E-state index in [0.29, 0.717) is 5.56 Å². The summed E-state index contributed by atoms with van der Waals surface area (Å²) in [5, 5.41) is 9.18. The zero-order valence-electron chi connectivity index (χ0n) is 10.8. The molecule has 0 atom stereocenters. The van der Waals surface area contributed by atoms with Gasteiger partial charge < -0.3 is 4.90 Å². The van der Waals surface area contributed by atoms with E-state index < -0.39 is 0 Å². The van der Waals surface area contributed by atoms with E-state index in [4.69, 9.17) is 0 Å². The maximum atomic E-state index is 9.18. The summed E-state index contributed by atoms with van der Waals surface area (Å²) in [7, 11) is 2.02. The van der Waals surface area contributed by atoms with E-state index in [0.717, 1.165) is 23.1 Å². The van der Waals surface area contributed by atoms with E-state index in [1.165, 1.54) is 5.56 Å². The largest absolute Gasteiger partial charge is 0.373 e. The molecule has 0 aliphatic heterocycles. The van der Waals surface area contributed by atoms with Crippen LogP contribution in [0.3, 0.4) is 0 Å². The van der Waals surface area contributed by atoms with Crippen molar-refractivity contribution >= 4 is 21.6 Å². The van der Waals surface area contributed by atoms with Crippen LogP contribution in [0.4, 0.5) is 5.69 Å². The average Bonchev–Trinajstić information content (AvgIpc) is 2.45. The van der Waals surface area contributed by atoms with Crippen LogP contribution < -0.4 is 4.90 Å². The first-order chi connectivity index (χ1) is 9.20. The molecule has 96 valence electrons. The number of hydrogen-bond donors (Lipinski definition) is 0. The molecule has 3 heteroatoms. The van der Waals surface area contributed by atoms with E-state index in [1.54, 1.807) is 0 Å². The molecule has 0 aromatic heterocycles. The van der Waals surface area contributed by atoms with E-state index in [1.807, 2.05) is 31.3 Å². The van der Waals surface area contributed by atoms with Crippen LogP contribution >= 0.6 is 15.9 Å². The second kappa shape index (κ2) is 6.40. The van der Waals surface area contributed by atoms with Crippen LogP contribution in [0.25, 0.3) is 0 Å². The summed E-state index contributed by atoms with van der Waals surface area (Å²) in [5.74, 6) is 0. The normalized spacial score (nSPS) is 9.95. The van der Waals surface area contributed by atoms with Crippen LogP contribution in [-0.2, 0) is 6.42 Å². The summed E-state index contributed by atoms with van der Waals surface area (Å²) >= 11 is 3.39. The minimum absolute atomic E-state index is 0.699.